The Balaban J connectivity index is 1.99. The van der Waals surface area contributed by atoms with Gasteiger partial charge in [-0.1, -0.05) is 18.2 Å². The standard InChI is InChI=1S/C15H19N3O2/c1-11(19)17-9-8-16-10-13-7-6-12-4-3-5-14(20-2)15(12)18-13/h3-7,16H,8-10H2,1-2H3,(H,17,19). The van der Waals surface area contributed by atoms with E-state index >= 15 is 0 Å². The van der Waals surface area contributed by atoms with Crippen LogP contribution in [0, 0.1) is 0 Å². The average Bonchev–Trinajstić information content (AvgIpc) is 2.45. The van der Waals surface area contributed by atoms with Crippen LogP contribution in [-0.2, 0) is 11.3 Å². The molecule has 2 aromatic rings. The van der Waals surface area contributed by atoms with E-state index in [1.54, 1.807) is 7.11 Å². The van der Waals surface area contributed by atoms with Gasteiger partial charge in [0, 0.05) is 31.9 Å². The van der Waals surface area contributed by atoms with Crippen LogP contribution >= 0.6 is 0 Å². The van der Waals surface area contributed by atoms with Gasteiger partial charge in [0.05, 0.1) is 12.8 Å². The molecule has 0 aliphatic carbocycles. The number of methoxy groups -OCH3 is 1. The summed E-state index contributed by atoms with van der Waals surface area (Å²) in [6.45, 7) is 3.50. The molecule has 2 rings (SSSR count). The Morgan fingerprint density at radius 1 is 1.25 bits per heavy atom. The van der Waals surface area contributed by atoms with Gasteiger partial charge in [0.25, 0.3) is 0 Å². The first-order valence-electron chi connectivity index (χ1n) is 6.58. The zero-order valence-electron chi connectivity index (χ0n) is 11.8. The lowest BCUT2D eigenvalue weighted by Gasteiger charge is -2.08. The number of fused-ring (bicyclic) bond motifs is 1. The van der Waals surface area contributed by atoms with Crippen molar-refractivity contribution in [2.24, 2.45) is 0 Å². The number of carbonyl (C=O) groups excluding carboxylic acids is 1. The van der Waals surface area contributed by atoms with Crippen molar-refractivity contribution in [3.05, 3.63) is 36.0 Å². The number of rotatable bonds is 6. The summed E-state index contributed by atoms with van der Waals surface area (Å²) in [6, 6.07) is 9.90. The van der Waals surface area contributed by atoms with E-state index in [1.165, 1.54) is 6.92 Å². The number of aromatic nitrogens is 1. The fourth-order valence-corrected chi connectivity index (χ4v) is 1.97. The number of para-hydroxylation sites is 1. The highest BCUT2D eigenvalue weighted by atomic mass is 16.5. The van der Waals surface area contributed by atoms with Gasteiger partial charge in [-0.3, -0.25) is 4.79 Å². The number of pyridine rings is 1. The summed E-state index contributed by atoms with van der Waals surface area (Å²) in [5, 5.41) is 7.04. The van der Waals surface area contributed by atoms with Crippen molar-refractivity contribution in [1.29, 1.82) is 0 Å². The number of nitrogens with zero attached hydrogens (tertiary/aromatic N) is 1. The summed E-state index contributed by atoms with van der Waals surface area (Å²) in [4.78, 5) is 15.3. The number of hydrogen-bond acceptors (Lipinski definition) is 4. The van der Waals surface area contributed by atoms with E-state index in [1.807, 2.05) is 30.3 Å². The van der Waals surface area contributed by atoms with Gasteiger partial charge in [-0.05, 0) is 12.1 Å². The summed E-state index contributed by atoms with van der Waals surface area (Å²) >= 11 is 0. The monoisotopic (exact) mass is 273 g/mol. The molecule has 5 nitrogen and oxygen atoms in total. The van der Waals surface area contributed by atoms with Crippen LogP contribution in [-0.4, -0.2) is 31.1 Å². The predicted molar refractivity (Wildman–Crippen MR) is 78.7 cm³/mol. The molecule has 0 saturated carbocycles. The summed E-state index contributed by atoms with van der Waals surface area (Å²) in [5.41, 5.74) is 1.82. The van der Waals surface area contributed by atoms with Crippen molar-refractivity contribution >= 4 is 16.8 Å². The van der Waals surface area contributed by atoms with Crippen LogP contribution < -0.4 is 15.4 Å². The molecule has 1 aromatic carbocycles. The van der Waals surface area contributed by atoms with Crippen LogP contribution in [0.5, 0.6) is 5.75 Å². The maximum Gasteiger partial charge on any atom is 0.216 e. The van der Waals surface area contributed by atoms with Gasteiger partial charge in [-0.15, -0.1) is 0 Å². The van der Waals surface area contributed by atoms with Gasteiger partial charge < -0.3 is 15.4 Å². The minimum atomic E-state index is -0.0135. The Hall–Kier alpha value is -2.14. The van der Waals surface area contributed by atoms with Crippen LogP contribution in [0.1, 0.15) is 12.6 Å². The zero-order valence-corrected chi connectivity index (χ0v) is 11.8. The Bertz CT molecular complexity index is 599. The minimum Gasteiger partial charge on any atom is -0.494 e. The summed E-state index contributed by atoms with van der Waals surface area (Å²) in [6.07, 6.45) is 0. The van der Waals surface area contributed by atoms with Gasteiger partial charge in [0.2, 0.25) is 5.91 Å². The van der Waals surface area contributed by atoms with Gasteiger partial charge in [0.15, 0.2) is 0 Å². The van der Waals surface area contributed by atoms with Crippen LogP contribution in [0.25, 0.3) is 10.9 Å². The number of ether oxygens (including phenoxy) is 1. The third-order valence-electron chi connectivity index (χ3n) is 2.94. The molecule has 0 unspecified atom stereocenters. The number of amides is 1. The molecule has 1 amide bonds. The van der Waals surface area contributed by atoms with E-state index in [2.05, 4.69) is 15.6 Å². The second-order valence-corrected chi connectivity index (χ2v) is 4.49. The van der Waals surface area contributed by atoms with Gasteiger partial charge in [-0.25, -0.2) is 4.98 Å². The Kier molecular flexibility index (Phi) is 4.90. The Labute approximate surface area is 118 Å². The van der Waals surface area contributed by atoms with Crippen molar-refractivity contribution in [3.63, 3.8) is 0 Å². The van der Waals surface area contributed by atoms with Crippen LogP contribution in [0.3, 0.4) is 0 Å². The fourth-order valence-electron chi connectivity index (χ4n) is 1.97. The quantitative estimate of drug-likeness (QED) is 0.782. The van der Waals surface area contributed by atoms with Crippen molar-refractivity contribution in [2.75, 3.05) is 20.2 Å². The first-order valence-corrected chi connectivity index (χ1v) is 6.58. The molecule has 1 aromatic heterocycles. The first-order chi connectivity index (χ1) is 9.70. The lowest BCUT2D eigenvalue weighted by Crippen LogP contribution is -2.30. The van der Waals surface area contributed by atoms with Crippen molar-refractivity contribution in [3.8, 4) is 5.75 Å². The average molecular weight is 273 g/mol. The minimum absolute atomic E-state index is 0.0135. The smallest absolute Gasteiger partial charge is 0.216 e. The number of carbonyl (C=O) groups is 1. The molecule has 20 heavy (non-hydrogen) atoms. The molecular formula is C15H19N3O2. The van der Waals surface area contributed by atoms with Crippen molar-refractivity contribution in [1.82, 2.24) is 15.6 Å². The van der Waals surface area contributed by atoms with Crippen molar-refractivity contribution < 1.29 is 9.53 Å². The van der Waals surface area contributed by atoms with Crippen LogP contribution in [0.2, 0.25) is 0 Å². The van der Waals surface area contributed by atoms with Gasteiger partial charge in [-0.2, -0.15) is 0 Å². The molecule has 0 aliphatic rings. The van der Waals surface area contributed by atoms with Crippen molar-refractivity contribution in [2.45, 2.75) is 13.5 Å². The third-order valence-corrected chi connectivity index (χ3v) is 2.94. The van der Waals surface area contributed by atoms with E-state index in [9.17, 15) is 4.79 Å². The Morgan fingerprint density at radius 2 is 2.10 bits per heavy atom. The highest BCUT2D eigenvalue weighted by Crippen LogP contribution is 2.23. The molecule has 106 valence electrons. The normalized spacial score (nSPS) is 10.5. The maximum absolute atomic E-state index is 10.7. The molecule has 0 atom stereocenters. The molecule has 0 radical (unpaired) electrons. The number of hydrogen-bond donors (Lipinski definition) is 2. The SMILES string of the molecule is COc1cccc2ccc(CNCCNC(C)=O)nc12. The van der Waals surface area contributed by atoms with Crippen LogP contribution in [0.4, 0.5) is 0 Å². The highest BCUT2D eigenvalue weighted by Gasteiger charge is 2.03. The van der Waals surface area contributed by atoms with E-state index in [-0.39, 0.29) is 5.91 Å². The van der Waals surface area contributed by atoms with Gasteiger partial charge >= 0.3 is 0 Å². The van der Waals surface area contributed by atoms with E-state index < -0.39 is 0 Å². The third kappa shape index (κ3) is 3.68. The predicted octanol–water partition coefficient (Wildman–Crippen LogP) is 1.47. The Morgan fingerprint density at radius 3 is 2.85 bits per heavy atom. The fraction of sp³-hybridized carbons (Fsp3) is 0.333. The summed E-state index contributed by atoms with van der Waals surface area (Å²) in [5.74, 6) is 0.767. The molecule has 1 heterocycles. The molecule has 2 N–H and O–H groups in total. The maximum atomic E-state index is 10.7. The topological polar surface area (TPSA) is 63.2 Å². The molecular weight excluding hydrogens is 254 g/mol. The molecule has 5 heteroatoms. The van der Waals surface area contributed by atoms with E-state index in [4.69, 9.17) is 4.74 Å². The second-order valence-electron chi connectivity index (χ2n) is 4.49. The highest BCUT2D eigenvalue weighted by molar-refractivity contribution is 5.84. The summed E-state index contributed by atoms with van der Waals surface area (Å²) < 4.78 is 5.32. The number of benzene rings is 1. The summed E-state index contributed by atoms with van der Waals surface area (Å²) in [7, 11) is 1.65. The lowest BCUT2D eigenvalue weighted by atomic mass is 10.2. The van der Waals surface area contributed by atoms with E-state index in [0.717, 1.165) is 22.3 Å². The van der Waals surface area contributed by atoms with Gasteiger partial charge in [0.1, 0.15) is 11.3 Å². The molecule has 0 saturated heterocycles. The second kappa shape index (κ2) is 6.86. The number of nitrogens with one attached hydrogen (secondary N) is 2. The first kappa shape index (κ1) is 14.3. The van der Waals surface area contributed by atoms with Crippen LogP contribution in [0.15, 0.2) is 30.3 Å². The molecule has 0 spiro atoms. The lowest BCUT2D eigenvalue weighted by molar-refractivity contribution is -0.118. The molecule has 0 bridgehead atoms. The largest absolute Gasteiger partial charge is 0.494 e. The molecule has 0 fully saturated rings. The van der Waals surface area contributed by atoms with E-state index in [0.29, 0.717) is 19.6 Å². The molecule has 0 aliphatic heterocycles. The zero-order chi connectivity index (χ0) is 14.4.